The number of carboxylic acids is 2. The maximum atomic E-state index is 12.7. The van der Waals surface area contributed by atoms with Gasteiger partial charge in [-0.15, -0.1) is 0 Å². The van der Waals surface area contributed by atoms with Gasteiger partial charge in [0, 0.05) is 0 Å². The molecule has 2 rings (SSSR count). The number of likely N-dealkylation sites (tertiary alicyclic amines) is 1. The third-order valence-corrected chi connectivity index (χ3v) is 4.04. The SMILES string of the molecule is CCCN1CCC(CCOc2ccc(F)cc2)CC1.O=C(O)C(=O)O. The summed E-state index contributed by atoms with van der Waals surface area (Å²) in [6.07, 6.45) is 4.93. The molecular weight excluding hydrogens is 329 g/mol. The van der Waals surface area contributed by atoms with E-state index in [0.717, 1.165) is 24.7 Å². The minimum Gasteiger partial charge on any atom is -0.494 e. The van der Waals surface area contributed by atoms with Gasteiger partial charge in [0.05, 0.1) is 6.61 Å². The molecule has 0 aliphatic carbocycles. The molecule has 0 bridgehead atoms. The van der Waals surface area contributed by atoms with Gasteiger partial charge in [0.15, 0.2) is 0 Å². The van der Waals surface area contributed by atoms with Crippen molar-refractivity contribution in [1.82, 2.24) is 4.90 Å². The Morgan fingerprint density at radius 1 is 1.16 bits per heavy atom. The lowest BCUT2D eigenvalue weighted by atomic mass is 9.94. The third-order valence-electron chi connectivity index (χ3n) is 4.04. The van der Waals surface area contributed by atoms with E-state index in [2.05, 4.69) is 11.8 Å². The lowest BCUT2D eigenvalue weighted by Crippen LogP contribution is -2.34. The van der Waals surface area contributed by atoms with Crippen molar-refractivity contribution < 1.29 is 28.9 Å². The summed E-state index contributed by atoms with van der Waals surface area (Å²) in [7, 11) is 0. The highest BCUT2D eigenvalue weighted by Crippen LogP contribution is 2.21. The van der Waals surface area contributed by atoms with Crippen LogP contribution in [0.5, 0.6) is 5.75 Å². The zero-order valence-electron chi connectivity index (χ0n) is 14.5. The second-order valence-corrected chi connectivity index (χ2v) is 5.99. The van der Waals surface area contributed by atoms with E-state index in [-0.39, 0.29) is 5.82 Å². The summed E-state index contributed by atoms with van der Waals surface area (Å²) in [5, 5.41) is 14.8. The molecule has 1 heterocycles. The first-order chi connectivity index (χ1) is 11.9. The molecule has 7 heteroatoms. The molecule has 0 aromatic heterocycles. The summed E-state index contributed by atoms with van der Waals surface area (Å²) < 4.78 is 18.4. The minimum absolute atomic E-state index is 0.212. The molecule has 6 nitrogen and oxygen atoms in total. The summed E-state index contributed by atoms with van der Waals surface area (Å²) in [5.74, 6) is -2.31. The largest absolute Gasteiger partial charge is 0.494 e. The second-order valence-electron chi connectivity index (χ2n) is 5.99. The van der Waals surface area contributed by atoms with Gasteiger partial charge < -0.3 is 19.8 Å². The van der Waals surface area contributed by atoms with Gasteiger partial charge in [0.2, 0.25) is 0 Å². The van der Waals surface area contributed by atoms with Crippen molar-refractivity contribution in [3.05, 3.63) is 30.1 Å². The Labute approximate surface area is 147 Å². The fourth-order valence-electron chi connectivity index (χ4n) is 2.69. The monoisotopic (exact) mass is 355 g/mol. The normalized spacial score (nSPS) is 15.1. The van der Waals surface area contributed by atoms with Crippen LogP contribution in [0.25, 0.3) is 0 Å². The Hall–Kier alpha value is -2.15. The Morgan fingerprint density at radius 3 is 2.20 bits per heavy atom. The van der Waals surface area contributed by atoms with Crippen LogP contribution in [0.3, 0.4) is 0 Å². The lowest BCUT2D eigenvalue weighted by molar-refractivity contribution is -0.159. The lowest BCUT2D eigenvalue weighted by Gasteiger charge is -2.31. The number of hydrogen-bond acceptors (Lipinski definition) is 4. The Morgan fingerprint density at radius 2 is 1.72 bits per heavy atom. The fourth-order valence-corrected chi connectivity index (χ4v) is 2.69. The van der Waals surface area contributed by atoms with Crippen molar-refractivity contribution in [2.45, 2.75) is 32.6 Å². The number of carboxylic acid groups (broad SMARTS) is 2. The molecule has 1 aliphatic heterocycles. The van der Waals surface area contributed by atoms with Crippen LogP contribution in [0.2, 0.25) is 0 Å². The van der Waals surface area contributed by atoms with Gasteiger partial charge in [-0.05, 0) is 75.5 Å². The highest BCUT2D eigenvalue weighted by atomic mass is 19.1. The number of hydrogen-bond donors (Lipinski definition) is 2. The van der Waals surface area contributed by atoms with Gasteiger partial charge in [0.1, 0.15) is 11.6 Å². The van der Waals surface area contributed by atoms with Crippen LogP contribution in [0.15, 0.2) is 24.3 Å². The molecule has 1 fully saturated rings. The number of benzene rings is 1. The molecule has 1 aliphatic rings. The number of piperidine rings is 1. The van der Waals surface area contributed by atoms with Gasteiger partial charge in [-0.3, -0.25) is 0 Å². The first kappa shape index (κ1) is 20.9. The number of carbonyl (C=O) groups is 2. The van der Waals surface area contributed by atoms with Crippen molar-refractivity contribution in [3.8, 4) is 5.75 Å². The van der Waals surface area contributed by atoms with Gasteiger partial charge in [-0.1, -0.05) is 6.92 Å². The number of ether oxygens (including phenoxy) is 1. The molecule has 0 atom stereocenters. The van der Waals surface area contributed by atoms with E-state index in [9.17, 15) is 4.39 Å². The van der Waals surface area contributed by atoms with E-state index in [1.54, 1.807) is 12.1 Å². The zero-order valence-corrected chi connectivity index (χ0v) is 14.5. The maximum absolute atomic E-state index is 12.7. The summed E-state index contributed by atoms with van der Waals surface area (Å²) in [4.78, 5) is 20.8. The molecule has 0 radical (unpaired) electrons. The van der Waals surface area contributed by atoms with E-state index in [0.29, 0.717) is 0 Å². The van der Waals surface area contributed by atoms with Crippen LogP contribution < -0.4 is 4.74 Å². The number of rotatable bonds is 6. The predicted molar refractivity (Wildman–Crippen MR) is 91.2 cm³/mol. The number of aliphatic carboxylic acids is 2. The van der Waals surface area contributed by atoms with Crippen molar-refractivity contribution >= 4 is 11.9 Å². The molecule has 0 saturated carbocycles. The highest BCUT2D eigenvalue weighted by Gasteiger charge is 2.18. The Bertz CT molecular complexity index is 515. The standard InChI is InChI=1S/C16H24FNO.C2H2O4/c1-2-10-18-11-7-14(8-12-18)9-13-19-16-5-3-15(17)4-6-16;3-1(4)2(5)6/h3-6,14H,2,7-13H2,1H3;(H,3,4)(H,5,6). The number of halogens is 1. The minimum atomic E-state index is -1.82. The van der Waals surface area contributed by atoms with Crippen molar-refractivity contribution in [1.29, 1.82) is 0 Å². The van der Waals surface area contributed by atoms with Crippen LogP contribution >= 0.6 is 0 Å². The van der Waals surface area contributed by atoms with Crippen LogP contribution in [-0.4, -0.2) is 53.3 Å². The average Bonchev–Trinajstić information content (AvgIpc) is 2.59. The van der Waals surface area contributed by atoms with Crippen molar-refractivity contribution in [2.24, 2.45) is 5.92 Å². The molecule has 2 N–H and O–H groups in total. The third kappa shape index (κ3) is 9.05. The predicted octanol–water partition coefficient (Wildman–Crippen LogP) is 2.87. The van der Waals surface area contributed by atoms with E-state index >= 15 is 0 Å². The maximum Gasteiger partial charge on any atom is 0.414 e. The number of nitrogens with zero attached hydrogens (tertiary/aromatic N) is 1. The quantitative estimate of drug-likeness (QED) is 0.763. The molecule has 0 unspecified atom stereocenters. The Balaban J connectivity index is 0.000000450. The van der Waals surface area contributed by atoms with E-state index in [1.807, 2.05) is 0 Å². The molecule has 140 valence electrons. The van der Waals surface area contributed by atoms with Crippen molar-refractivity contribution in [2.75, 3.05) is 26.2 Å². The fraction of sp³-hybridized carbons (Fsp3) is 0.556. The molecule has 1 aromatic rings. The molecule has 1 saturated heterocycles. The Kier molecular flexibility index (Phi) is 9.54. The molecule has 1 aromatic carbocycles. The summed E-state index contributed by atoms with van der Waals surface area (Å²) in [5.41, 5.74) is 0. The van der Waals surface area contributed by atoms with Gasteiger partial charge in [0.25, 0.3) is 0 Å². The highest BCUT2D eigenvalue weighted by molar-refractivity contribution is 6.27. The molecule has 0 amide bonds. The van der Waals surface area contributed by atoms with Crippen LogP contribution in [0.1, 0.15) is 32.6 Å². The first-order valence-electron chi connectivity index (χ1n) is 8.49. The van der Waals surface area contributed by atoms with Crippen molar-refractivity contribution in [3.63, 3.8) is 0 Å². The summed E-state index contributed by atoms with van der Waals surface area (Å²) in [6.45, 7) is 6.68. The molecule has 0 spiro atoms. The van der Waals surface area contributed by atoms with Crippen LogP contribution in [0.4, 0.5) is 4.39 Å². The van der Waals surface area contributed by atoms with E-state index in [1.165, 1.54) is 51.0 Å². The van der Waals surface area contributed by atoms with Crippen LogP contribution in [-0.2, 0) is 9.59 Å². The smallest absolute Gasteiger partial charge is 0.414 e. The first-order valence-corrected chi connectivity index (χ1v) is 8.49. The van der Waals surface area contributed by atoms with E-state index < -0.39 is 11.9 Å². The zero-order chi connectivity index (χ0) is 18.7. The van der Waals surface area contributed by atoms with Gasteiger partial charge in [-0.25, -0.2) is 14.0 Å². The summed E-state index contributed by atoms with van der Waals surface area (Å²) >= 11 is 0. The summed E-state index contributed by atoms with van der Waals surface area (Å²) in [6, 6.07) is 6.27. The second kappa shape index (κ2) is 11.4. The van der Waals surface area contributed by atoms with Gasteiger partial charge in [-0.2, -0.15) is 0 Å². The molecular formula is C18H26FNO5. The van der Waals surface area contributed by atoms with Crippen LogP contribution in [0, 0.1) is 11.7 Å². The average molecular weight is 355 g/mol. The molecule has 25 heavy (non-hydrogen) atoms. The topological polar surface area (TPSA) is 87.1 Å². The van der Waals surface area contributed by atoms with E-state index in [4.69, 9.17) is 24.5 Å². The van der Waals surface area contributed by atoms with Gasteiger partial charge >= 0.3 is 11.9 Å².